The summed E-state index contributed by atoms with van der Waals surface area (Å²) in [7, 11) is 0. The SMILES string of the molecule is Cc1cccc(C(=O)NCC(=O)N2CCN(c3ccccn3)CC2)c1. The van der Waals surface area contributed by atoms with E-state index in [1.54, 1.807) is 17.2 Å². The standard InChI is InChI=1S/C19H22N4O2/c1-15-5-4-6-16(13-15)19(25)21-14-18(24)23-11-9-22(10-12-23)17-7-2-3-8-20-17/h2-8,13H,9-12,14H2,1H3,(H,21,25). The Morgan fingerprint density at radius 3 is 2.56 bits per heavy atom. The summed E-state index contributed by atoms with van der Waals surface area (Å²) in [6.07, 6.45) is 1.77. The van der Waals surface area contributed by atoms with Gasteiger partial charge in [-0.05, 0) is 31.2 Å². The van der Waals surface area contributed by atoms with E-state index < -0.39 is 0 Å². The van der Waals surface area contributed by atoms with Crippen LogP contribution in [0.25, 0.3) is 0 Å². The van der Waals surface area contributed by atoms with Gasteiger partial charge in [-0.25, -0.2) is 4.98 Å². The zero-order valence-electron chi connectivity index (χ0n) is 14.3. The Balaban J connectivity index is 1.47. The summed E-state index contributed by atoms with van der Waals surface area (Å²) in [5.74, 6) is 0.660. The molecule has 1 aliphatic rings. The van der Waals surface area contributed by atoms with Crippen LogP contribution in [0.2, 0.25) is 0 Å². The van der Waals surface area contributed by atoms with E-state index in [0.29, 0.717) is 18.7 Å². The van der Waals surface area contributed by atoms with Crippen molar-refractivity contribution in [2.75, 3.05) is 37.6 Å². The van der Waals surface area contributed by atoms with E-state index in [1.165, 1.54) is 0 Å². The molecule has 0 saturated carbocycles. The Morgan fingerprint density at radius 1 is 1.08 bits per heavy atom. The molecule has 1 saturated heterocycles. The number of nitrogens with one attached hydrogen (secondary N) is 1. The first kappa shape index (κ1) is 17.0. The van der Waals surface area contributed by atoms with Crippen LogP contribution in [0.15, 0.2) is 48.7 Å². The van der Waals surface area contributed by atoms with Gasteiger partial charge in [0.25, 0.3) is 5.91 Å². The number of amides is 2. The number of aromatic nitrogens is 1. The number of rotatable bonds is 4. The highest BCUT2D eigenvalue weighted by Crippen LogP contribution is 2.12. The van der Waals surface area contributed by atoms with Crippen molar-refractivity contribution in [2.24, 2.45) is 0 Å². The summed E-state index contributed by atoms with van der Waals surface area (Å²) < 4.78 is 0. The molecule has 2 amide bonds. The maximum absolute atomic E-state index is 12.3. The lowest BCUT2D eigenvalue weighted by Crippen LogP contribution is -2.51. The predicted molar refractivity (Wildman–Crippen MR) is 96.5 cm³/mol. The zero-order valence-corrected chi connectivity index (χ0v) is 14.3. The third kappa shape index (κ3) is 4.35. The monoisotopic (exact) mass is 338 g/mol. The molecule has 25 heavy (non-hydrogen) atoms. The van der Waals surface area contributed by atoms with Gasteiger partial charge in [0.2, 0.25) is 5.91 Å². The Kier molecular flexibility index (Phi) is 5.28. The molecule has 0 bridgehead atoms. The van der Waals surface area contributed by atoms with Gasteiger partial charge in [-0.3, -0.25) is 9.59 Å². The molecule has 130 valence electrons. The number of carbonyl (C=O) groups is 2. The summed E-state index contributed by atoms with van der Waals surface area (Å²) in [4.78, 5) is 32.7. The van der Waals surface area contributed by atoms with Crippen LogP contribution < -0.4 is 10.2 Å². The second-order valence-electron chi connectivity index (χ2n) is 6.11. The Labute approximate surface area is 147 Å². The normalized spacial score (nSPS) is 14.3. The van der Waals surface area contributed by atoms with Gasteiger partial charge in [0.1, 0.15) is 5.82 Å². The van der Waals surface area contributed by atoms with Crippen molar-refractivity contribution in [3.8, 4) is 0 Å². The lowest BCUT2D eigenvalue weighted by molar-refractivity contribution is -0.130. The first-order valence-electron chi connectivity index (χ1n) is 8.42. The third-order valence-electron chi connectivity index (χ3n) is 4.29. The maximum atomic E-state index is 12.3. The van der Waals surface area contributed by atoms with Gasteiger partial charge in [0.05, 0.1) is 6.54 Å². The lowest BCUT2D eigenvalue weighted by atomic mass is 10.1. The molecule has 6 heteroatoms. The topological polar surface area (TPSA) is 65.5 Å². The van der Waals surface area contributed by atoms with E-state index in [9.17, 15) is 9.59 Å². The molecule has 1 aromatic carbocycles. The quantitative estimate of drug-likeness (QED) is 0.917. The van der Waals surface area contributed by atoms with Crippen molar-refractivity contribution in [2.45, 2.75) is 6.92 Å². The molecule has 2 heterocycles. The van der Waals surface area contributed by atoms with Crippen molar-refractivity contribution in [1.82, 2.24) is 15.2 Å². The number of aryl methyl sites for hydroxylation is 1. The number of carbonyl (C=O) groups excluding carboxylic acids is 2. The maximum Gasteiger partial charge on any atom is 0.251 e. The number of piperazine rings is 1. The third-order valence-corrected chi connectivity index (χ3v) is 4.29. The second kappa shape index (κ2) is 7.79. The number of benzene rings is 1. The van der Waals surface area contributed by atoms with Crippen molar-refractivity contribution in [1.29, 1.82) is 0 Å². The molecular weight excluding hydrogens is 316 g/mol. The number of pyridine rings is 1. The van der Waals surface area contributed by atoms with Crippen LogP contribution in [0.3, 0.4) is 0 Å². The molecule has 1 aromatic heterocycles. The van der Waals surface area contributed by atoms with Crippen molar-refractivity contribution in [3.05, 3.63) is 59.8 Å². The Morgan fingerprint density at radius 2 is 1.88 bits per heavy atom. The van der Waals surface area contributed by atoms with E-state index >= 15 is 0 Å². The predicted octanol–water partition coefficient (Wildman–Crippen LogP) is 1.47. The molecule has 1 aliphatic heterocycles. The van der Waals surface area contributed by atoms with E-state index in [-0.39, 0.29) is 18.4 Å². The highest BCUT2D eigenvalue weighted by molar-refractivity contribution is 5.96. The lowest BCUT2D eigenvalue weighted by Gasteiger charge is -2.35. The summed E-state index contributed by atoms with van der Waals surface area (Å²) in [6, 6.07) is 13.1. The minimum Gasteiger partial charge on any atom is -0.353 e. The van der Waals surface area contributed by atoms with E-state index in [0.717, 1.165) is 24.5 Å². The summed E-state index contributed by atoms with van der Waals surface area (Å²) in [6.45, 7) is 4.72. The molecule has 0 unspecified atom stereocenters. The van der Waals surface area contributed by atoms with Gasteiger partial charge < -0.3 is 15.1 Å². The largest absolute Gasteiger partial charge is 0.353 e. The fraction of sp³-hybridized carbons (Fsp3) is 0.316. The second-order valence-corrected chi connectivity index (χ2v) is 6.11. The van der Waals surface area contributed by atoms with Crippen LogP contribution >= 0.6 is 0 Å². The van der Waals surface area contributed by atoms with Gasteiger partial charge >= 0.3 is 0 Å². The number of nitrogens with zero attached hydrogens (tertiary/aromatic N) is 3. The summed E-state index contributed by atoms with van der Waals surface area (Å²) in [5.41, 5.74) is 1.59. The highest BCUT2D eigenvalue weighted by Gasteiger charge is 2.22. The minimum absolute atomic E-state index is 0.0242. The first-order chi connectivity index (χ1) is 12.1. The van der Waals surface area contributed by atoms with Crippen LogP contribution in [0.1, 0.15) is 15.9 Å². The van der Waals surface area contributed by atoms with E-state index in [4.69, 9.17) is 0 Å². The molecule has 0 radical (unpaired) electrons. The first-order valence-corrected chi connectivity index (χ1v) is 8.42. The van der Waals surface area contributed by atoms with Crippen molar-refractivity contribution in [3.63, 3.8) is 0 Å². The fourth-order valence-corrected chi connectivity index (χ4v) is 2.88. The smallest absolute Gasteiger partial charge is 0.251 e. The van der Waals surface area contributed by atoms with E-state index in [2.05, 4.69) is 15.2 Å². The van der Waals surface area contributed by atoms with Crippen LogP contribution in [0.5, 0.6) is 0 Å². The Hall–Kier alpha value is -2.89. The fourth-order valence-electron chi connectivity index (χ4n) is 2.88. The van der Waals surface area contributed by atoms with Crippen LogP contribution in [0.4, 0.5) is 5.82 Å². The molecule has 2 aromatic rings. The van der Waals surface area contributed by atoms with Gasteiger partial charge in [-0.2, -0.15) is 0 Å². The molecule has 6 nitrogen and oxygen atoms in total. The molecule has 1 fully saturated rings. The van der Waals surface area contributed by atoms with Crippen molar-refractivity contribution < 1.29 is 9.59 Å². The highest BCUT2D eigenvalue weighted by atomic mass is 16.2. The molecular formula is C19H22N4O2. The molecule has 1 N–H and O–H groups in total. The summed E-state index contributed by atoms with van der Waals surface area (Å²) in [5, 5.41) is 2.71. The van der Waals surface area contributed by atoms with Gasteiger partial charge in [-0.1, -0.05) is 23.8 Å². The zero-order chi connectivity index (χ0) is 17.6. The minimum atomic E-state index is -0.218. The average Bonchev–Trinajstić information content (AvgIpc) is 2.66. The summed E-state index contributed by atoms with van der Waals surface area (Å²) >= 11 is 0. The molecule has 0 atom stereocenters. The number of hydrogen-bond acceptors (Lipinski definition) is 4. The van der Waals surface area contributed by atoms with Gasteiger partial charge in [0, 0.05) is 37.9 Å². The molecule has 0 spiro atoms. The van der Waals surface area contributed by atoms with Crippen molar-refractivity contribution >= 4 is 17.6 Å². The van der Waals surface area contributed by atoms with E-state index in [1.807, 2.05) is 43.3 Å². The number of anilines is 1. The average molecular weight is 338 g/mol. The van der Waals surface area contributed by atoms with Gasteiger partial charge in [0.15, 0.2) is 0 Å². The van der Waals surface area contributed by atoms with Crippen LogP contribution in [-0.2, 0) is 4.79 Å². The van der Waals surface area contributed by atoms with Crippen LogP contribution in [-0.4, -0.2) is 54.4 Å². The number of hydrogen-bond donors (Lipinski definition) is 1. The molecule has 3 rings (SSSR count). The van der Waals surface area contributed by atoms with Crippen LogP contribution in [0, 0.1) is 6.92 Å². The molecule has 0 aliphatic carbocycles. The Bertz CT molecular complexity index is 740. The van der Waals surface area contributed by atoms with Gasteiger partial charge in [-0.15, -0.1) is 0 Å².